The standard InChI is InChI=1S/C14H29N3O2S/c1-3-7-15-11-13(2)20(18,19)17-10-6-14(12-17)16-8-4-5-9-16/h13-15H,3-12H2,1-2H3. The topological polar surface area (TPSA) is 52.7 Å². The van der Waals surface area contributed by atoms with Crippen LogP contribution in [0, 0.1) is 0 Å². The Labute approximate surface area is 123 Å². The zero-order chi connectivity index (χ0) is 14.6. The lowest BCUT2D eigenvalue weighted by Gasteiger charge is -2.25. The Kier molecular flexibility index (Phi) is 5.84. The van der Waals surface area contributed by atoms with Crippen LogP contribution in [0.3, 0.4) is 0 Å². The van der Waals surface area contributed by atoms with E-state index in [4.69, 9.17) is 0 Å². The molecule has 2 unspecified atom stereocenters. The molecule has 2 saturated heterocycles. The van der Waals surface area contributed by atoms with E-state index in [1.807, 2.05) is 6.92 Å². The van der Waals surface area contributed by atoms with E-state index in [0.29, 0.717) is 25.7 Å². The van der Waals surface area contributed by atoms with Gasteiger partial charge in [-0.15, -0.1) is 0 Å². The van der Waals surface area contributed by atoms with Crippen LogP contribution in [0.5, 0.6) is 0 Å². The highest BCUT2D eigenvalue weighted by Crippen LogP contribution is 2.23. The molecule has 0 aromatic heterocycles. The molecule has 0 saturated carbocycles. The Balaban J connectivity index is 1.86. The van der Waals surface area contributed by atoms with Gasteiger partial charge < -0.3 is 5.32 Å². The van der Waals surface area contributed by atoms with Crippen LogP contribution < -0.4 is 5.32 Å². The smallest absolute Gasteiger partial charge is 0.218 e. The van der Waals surface area contributed by atoms with E-state index in [0.717, 1.165) is 32.5 Å². The van der Waals surface area contributed by atoms with E-state index in [-0.39, 0.29) is 5.25 Å². The zero-order valence-electron chi connectivity index (χ0n) is 12.8. The molecule has 20 heavy (non-hydrogen) atoms. The van der Waals surface area contributed by atoms with Crippen LogP contribution >= 0.6 is 0 Å². The molecule has 2 heterocycles. The van der Waals surface area contributed by atoms with Gasteiger partial charge in [0.25, 0.3) is 0 Å². The van der Waals surface area contributed by atoms with Gasteiger partial charge >= 0.3 is 0 Å². The molecular formula is C14H29N3O2S. The average Bonchev–Trinajstić information content (AvgIpc) is 3.09. The first-order valence-corrected chi connectivity index (χ1v) is 9.49. The van der Waals surface area contributed by atoms with Gasteiger partial charge in [0.05, 0.1) is 5.25 Å². The van der Waals surface area contributed by atoms with Crippen LogP contribution in [-0.2, 0) is 10.0 Å². The second-order valence-electron chi connectivity index (χ2n) is 6.10. The minimum atomic E-state index is -3.14. The summed E-state index contributed by atoms with van der Waals surface area (Å²) in [5.41, 5.74) is 0. The van der Waals surface area contributed by atoms with Crippen molar-refractivity contribution in [1.29, 1.82) is 0 Å². The Hall–Kier alpha value is -0.170. The number of hydrogen-bond donors (Lipinski definition) is 1. The number of rotatable bonds is 7. The summed E-state index contributed by atoms with van der Waals surface area (Å²) in [4.78, 5) is 2.47. The van der Waals surface area contributed by atoms with Gasteiger partial charge in [0.1, 0.15) is 0 Å². The highest BCUT2D eigenvalue weighted by molar-refractivity contribution is 7.89. The average molecular weight is 303 g/mol. The van der Waals surface area contributed by atoms with E-state index in [2.05, 4.69) is 17.1 Å². The first-order valence-electron chi connectivity index (χ1n) is 7.99. The lowest BCUT2D eigenvalue weighted by atomic mass is 10.2. The molecule has 118 valence electrons. The molecule has 0 spiro atoms. The SMILES string of the molecule is CCCNCC(C)S(=O)(=O)N1CCC(N2CCCC2)C1. The lowest BCUT2D eigenvalue weighted by molar-refractivity contribution is 0.250. The lowest BCUT2D eigenvalue weighted by Crippen LogP contribution is -2.43. The minimum absolute atomic E-state index is 0.327. The molecule has 0 amide bonds. The molecule has 2 fully saturated rings. The Morgan fingerprint density at radius 1 is 1.25 bits per heavy atom. The molecule has 2 aliphatic rings. The van der Waals surface area contributed by atoms with Crippen LogP contribution in [0.25, 0.3) is 0 Å². The van der Waals surface area contributed by atoms with Crippen molar-refractivity contribution < 1.29 is 8.42 Å². The number of likely N-dealkylation sites (tertiary alicyclic amines) is 1. The fraction of sp³-hybridized carbons (Fsp3) is 1.00. The van der Waals surface area contributed by atoms with Crippen molar-refractivity contribution in [2.75, 3.05) is 39.3 Å². The summed E-state index contributed by atoms with van der Waals surface area (Å²) >= 11 is 0. The molecule has 0 aromatic rings. The van der Waals surface area contributed by atoms with Crippen molar-refractivity contribution >= 4 is 10.0 Å². The van der Waals surface area contributed by atoms with Gasteiger partial charge in [-0.05, 0) is 52.2 Å². The Morgan fingerprint density at radius 3 is 2.60 bits per heavy atom. The fourth-order valence-corrected chi connectivity index (χ4v) is 4.77. The molecular weight excluding hydrogens is 274 g/mol. The summed E-state index contributed by atoms with van der Waals surface area (Å²) in [5.74, 6) is 0. The van der Waals surface area contributed by atoms with Crippen molar-refractivity contribution in [2.24, 2.45) is 0 Å². The predicted molar refractivity (Wildman–Crippen MR) is 82.3 cm³/mol. The number of sulfonamides is 1. The zero-order valence-corrected chi connectivity index (χ0v) is 13.7. The van der Waals surface area contributed by atoms with Crippen molar-refractivity contribution in [1.82, 2.24) is 14.5 Å². The Morgan fingerprint density at radius 2 is 1.95 bits per heavy atom. The van der Waals surface area contributed by atoms with Crippen molar-refractivity contribution in [2.45, 2.75) is 50.8 Å². The van der Waals surface area contributed by atoms with Crippen LogP contribution in [0.1, 0.15) is 39.5 Å². The van der Waals surface area contributed by atoms with Crippen LogP contribution in [0.4, 0.5) is 0 Å². The maximum absolute atomic E-state index is 12.6. The summed E-state index contributed by atoms with van der Waals surface area (Å²) < 4.78 is 26.8. The summed E-state index contributed by atoms with van der Waals surface area (Å²) in [6.45, 7) is 9.03. The van der Waals surface area contributed by atoms with Crippen LogP contribution in [0.15, 0.2) is 0 Å². The fourth-order valence-electron chi connectivity index (χ4n) is 3.19. The molecule has 0 bridgehead atoms. The third kappa shape index (κ3) is 3.72. The summed E-state index contributed by atoms with van der Waals surface area (Å²) in [7, 11) is -3.14. The van der Waals surface area contributed by atoms with Gasteiger partial charge in [0.2, 0.25) is 10.0 Å². The first kappa shape index (κ1) is 16.2. The van der Waals surface area contributed by atoms with E-state index in [1.165, 1.54) is 12.8 Å². The number of nitrogens with one attached hydrogen (secondary N) is 1. The van der Waals surface area contributed by atoms with E-state index in [9.17, 15) is 8.42 Å². The van der Waals surface area contributed by atoms with Crippen molar-refractivity contribution in [3.05, 3.63) is 0 Å². The maximum atomic E-state index is 12.6. The molecule has 5 nitrogen and oxygen atoms in total. The largest absolute Gasteiger partial charge is 0.315 e. The molecule has 6 heteroatoms. The molecule has 1 N–H and O–H groups in total. The first-order chi connectivity index (χ1) is 9.55. The van der Waals surface area contributed by atoms with Gasteiger partial charge in [0, 0.05) is 25.7 Å². The minimum Gasteiger partial charge on any atom is -0.315 e. The summed E-state index contributed by atoms with van der Waals surface area (Å²) in [6, 6.07) is 0.447. The van der Waals surface area contributed by atoms with Gasteiger partial charge in [-0.1, -0.05) is 6.92 Å². The quantitative estimate of drug-likeness (QED) is 0.709. The van der Waals surface area contributed by atoms with Crippen molar-refractivity contribution in [3.8, 4) is 0 Å². The Bertz CT molecular complexity index is 393. The van der Waals surface area contributed by atoms with E-state index in [1.54, 1.807) is 4.31 Å². The molecule has 0 radical (unpaired) electrons. The second-order valence-corrected chi connectivity index (χ2v) is 8.45. The highest BCUT2D eigenvalue weighted by Gasteiger charge is 2.37. The number of hydrogen-bond acceptors (Lipinski definition) is 4. The molecule has 2 atom stereocenters. The van der Waals surface area contributed by atoms with Crippen molar-refractivity contribution in [3.63, 3.8) is 0 Å². The van der Waals surface area contributed by atoms with E-state index >= 15 is 0 Å². The maximum Gasteiger partial charge on any atom is 0.218 e. The van der Waals surface area contributed by atoms with Crippen LogP contribution in [0.2, 0.25) is 0 Å². The number of nitrogens with zero attached hydrogens (tertiary/aromatic N) is 2. The summed E-state index contributed by atoms with van der Waals surface area (Å²) in [6.07, 6.45) is 4.56. The van der Waals surface area contributed by atoms with Gasteiger partial charge in [-0.2, -0.15) is 0 Å². The predicted octanol–water partition coefficient (Wildman–Crippen LogP) is 0.874. The summed E-state index contributed by atoms with van der Waals surface area (Å²) in [5, 5.41) is 2.89. The second kappa shape index (κ2) is 7.20. The highest BCUT2D eigenvalue weighted by atomic mass is 32.2. The van der Waals surface area contributed by atoms with Gasteiger partial charge in [-0.3, -0.25) is 4.90 Å². The monoisotopic (exact) mass is 303 g/mol. The van der Waals surface area contributed by atoms with E-state index < -0.39 is 10.0 Å². The molecule has 2 aliphatic heterocycles. The molecule has 0 aliphatic carbocycles. The molecule has 0 aromatic carbocycles. The molecule has 2 rings (SSSR count). The van der Waals surface area contributed by atoms with Gasteiger partial charge in [0.15, 0.2) is 0 Å². The normalized spacial score (nSPS) is 27.2. The van der Waals surface area contributed by atoms with Crippen LogP contribution in [-0.4, -0.2) is 68.2 Å². The third-order valence-electron chi connectivity index (χ3n) is 4.51. The van der Waals surface area contributed by atoms with Gasteiger partial charge in [-0.25, -0.2) is 12.7 Å². The third-order valence-corrected chi connectivity index (χ3v) is 6.75.